The number of likely N-dealkylation sites (N-methyl/N-ethyl adjacent to an activating group) is 1. The van der Waals surface area contributed by atoms with Crippen molar-refractivity contribution in [3.8, 4) is 0 Å². The normalized spacial score (nSPS) is 12.5. The maximum atomic E-state index is 13.0. The lowest BCUT2D eigenvalue weighted by Gasteiger charge is -2.18. The van der Waals surface area contributed by atoms with Crippen LogP contribution in [0.1, 0.15) is 31.7 Å². The molecular formula is C16H23FN4. The molecule has 1 aromatic carbocycles. The largest absolute Gasteiger partial charge is 0.313 e. The van der Waals surface area contributed by atoms with Gasteiger partial charge in [-0.05, 0) is 37.1 Å². The number of aromatic nitrogens is 3. The summed E-state index contributed by atoms with van der Waals surface area (Å²) in [6.07, 6.45) is 4.34. The molecular weight excluding hydrogens is 267 g/mol. The Balaban J connectivity index is 2.04. The summed E-state index contributed by atoms with van der Waals surface area (Å²) in [5.41, 5.74) is 1.13. The molecule has 0 amide bonds. The first kappa shape index (κ1) is 15.6. The zero-order valence-corrected chi connectivity index (χ0v) is 12.7. The van der Waals surface area contributed by atoms with Gasteiger partial charge in [0.1, 0.15) is 18.0 Å². The second-order valence-electron chi connectivity index (χ2n) is 5.19. The molecule has 1 unspecified atom stereocenters. The minimum atomic E-state index is -0.193. The highest BCUT2D eigenvalue weighted by molar-refractivity contribution is 5.17. The summed E-state index contributed by atoms with van der Waals surface area (Å²) in [5, 5.41) is 7.74. The Morgan fingerprint density at radius 2 is 1.95 bits per heavy atom. The zero-order chi connectivity index (χ0) is 15.1. The van der Waals surface area contributed by atoms with E-state index in [0.29, 0.717) is 0 Å². The van der Waals surface area contributed by atoms with E-state index in [1.165, 1.54) is 12.1 Å². The Morgan fingerprint density at radius 3 is 2.62 bits per heavy atom. The third-order valence-electron chi connectivity index (χ3n) is 3.45. The van der Waals surface area contributed by atoms with E-state index in [1.807, 2.05) is 16.8 Å². The number of nitrogens with zero attached hydrogens (tertiary/aromatic N) is 3. The van der Waals surface area contributed by atoms with Gasteiger partial charge in [-0.2, -0.15) is 5.10 Å². The van der Waals surface area contributed by atoms with Gasteiger partial charge in [0, 0.05) is 19.0 Å². The van der Waals surface area contributed by atoms with Gasteiger partial charge in [0.05, 0.1) is 0 Å². The topological polar surface area (TPSA) is 42.7 Å². The summed E-state index contributed by atoms with van der Waals surface area (Å²) in [5.74, 6) is 0.811. The summed E-state index contributed by atoms with van der Waals surface area (Å²) in [7, 11) is 0. The van der Waals surface area contributed by atoms with Crippen molar-refractivity contribution in [3.05, 3.63) is 47.8 Å². The van der Waals surface area contributed by atoms with Crippen LogP contribution in [0.15, 0.2) is 30.6 Å². The van der Waals surface area contributed by atoms with Crippen molar-refractivity contribution >= 4 is 0 Å². The van der Waals surface area contributed by atoms with E-state index in [4.69, 9.17) is 0 Å². The van der Waals surface area contributed by atoms with Gasteiger partial charge in [-0.3, -0.25) is 4.68 Å². The quantitative estimate of drug-likeness (QED) is 0.812. The van der Waals surface area contributed by atoms with Gasteiger partial charge in [-0.1, -0.05) is 26.0 Å². The van der Waals surface area contributed by atoms with Crippen LogP contribution in [0.25, 0.3) is 0 Å². The van der Waals surface area contributed by atoms with E-state index in [2.05, 4.69) is 29.2 Å². The minimum absolute atomic E-state index is 0.193. The first-order valence-corrected chi connectivity index (χ1v) is 7.57. The Kier molecular flexibility index (Phi) is 5.87. The molecule has 0 aliphatic carbocycles. The summed E-state index contributed by atoms with van der Waals surface area (Å²) >= 11 is 0. The van der Waals surface area contributed by atoms with Gasteiger partial charge in [-0.25, -0.2) is 9.37 Å². The van der Waals surface area contributed by atoms with Gasteiger partial charge in [0.25, 0.3) is 0 Å². The molecule has 0 aliphatic heterocycles. The van der Waals surface area contributed by atoms with Crippen LogP contribution in [0.5, 0.6) is 0 Å². The first-order valence-electron chi connectivity index (χ1n) is 7.57. The van der Waals surface area contributed by atoms with Crippen molar-refractivity contribution in [3.63, 3.8) is 0 Å². The first-order chi connectivity index (χ1) is 10.2. The van der Waals surface area contributed by atoms with E-state index >= 15 is 0 Å². The van der Waals surface area contributed by atoms with Crippen molar-refractivity contribution in [2.24, 2.45) is 0 Å². The molecule has 5 heteroatoms. The van der Waals surface area contributed by atoms with Crippen LogP contribution in [0.2, 0.25) is 0 Å². The lowest BCUT2D eigenvalue weighted by molar-refractivity contribution is 0.482. The van der Waals surface area contributed by atoms with E-state index in [0.717, 1.165) is 43.7 Å². The smallest absolute Gasteiger partial charge is 0.138 e. The Hall–Kier alpha value is -1.75. The van der Waals surface area contributed by atoms with Crippen LogP contribution < -0.4 is 5.32 Å². The number of rotatable bonds is 8. The molecule has 1 heterocycles. The number of benzene rings is 1. The monoisotopic (exact) mass is 290 g/mol. The molecule has 2 rings (SSSR count). The summed E-state index contributed by atoms with van der Waals surface area (Å²) in [6, 6.07) is 6.99. The molecule has 0 spiro atoms. The van der Waals surface area contributed by atoms with Crippen molar-refractivity contribution in [1.82, 2.24) is 20.1 Å². The van der Waals surface area contributed by atoms with Crippen LogP contribution in [0.4, 0.5) is 4.39 Å². The maximum Gasteiger partial charge on any atom is 0.138 e. The fraction of sp³-hybridized carbons (Fsp3) is 0.500. The standard InChI is InChI=1S/C16H23FN4/c1-3-9-21-16(19-12-20-21)11-15(18-4-2)10-13-5-7-14(17)8-6-13/h5-8,12,15,18H,3-4,9-11H2,1-2H3. The molecule has 4 nitrogen and oxygen atoms in total. The maximum absolute atomic E-state index is 13.0. The number of halogens is 1. The van der Waals surface area contributed by atoms with Crippen molar-refractivity contribution in [2.75, 3.05) is 6.54 Å². The second kappa shape index (κ2) is 7.88. The van der Waals surface area contributed by atoms with Gasteiger partial charge in [0.15, 0.2) is 0 Å². The lowest BCUT2D eigenvalue weighted by atomic mass is 10.0. The van der Waals surface area contributed by atoms with Crippen LogP contribution >= 0.6 is 0 Å². The van der Waals surface area contributed by atoms with E-state index in [1.54, 1.807) is 6.33 Å². The fourth-order valence-corrected chi connectivity index (χ4v) is 2.48. The Bertz CT molecular complexity index is 535. The molecule has 0 saturated carbocycles. The number of hydrogen-bond donors (Lipinski definition) is 1. The van der Waals surface area contributed by atoms with Gasteiger partial charge in [0.2, 0.25) is 0 Å². The van der Waals surface area contributed by atoms with Crippen LogP contribution in [-0.2, 0) is 19.4 Å². The van der Waals surface area contributed by atoms with Crippen LogP contribution in [0.3, 0.4) is 0 Å². The minimum Gasteiger partial charge on any atom is -0.313 e. The summed E-state index contributed by atoms with van der Waals surface area (Å²) in [6.45, 7) is 6.01. The Labute approximate surface area is 125 Å². The van der Waals surface area contributed by atoms with Crippen molar-refractivity contribution < 1.29 is 4.39 Å². The second-order valence-corrected chi connectivity index (χ2v) is 5.19. The highest BCUT2D eigenvalue weighted by Crippen LogP contribution is 2.09. The predicted molar refractivity (Wildman–Crippen MR) is 81.6 cm³/mol. The van der Waals surface area contributed by atoms with Crippen molar-refractivity contribution in [2.45, 2.75) is 45.7 Å². The molecule has 21 heavy (non-hydrogen) atoms. The molecule has 0 radical (unpaired) electrons. The van der Waals surface area contributed by atoms with Crippen molar-refractivity contribution in [1.29, 1.82) is 0 Å². The third kappa shape index (κ3) is 4.63. The zero-order valence-electron chi connectivity index (χ0n) is 12.7. The SMILES string of the molecule is CCCn1ncnc1CC(Cc1ccc(F)cc1)NCC. The van der Waals surface area contributed by atoms with E-state index in [-0.39, 0.29) is 11.9 Å². The number of aryl methyl sites for hydroxylation is 1. The lowest BCUT2D eigenvalue weighted by Crippen LogP contribution is -2.34. The number of nitrogens with one attached hydrogen (secondary N) is 1. The van der Waals surface area contributed by atoms with Crippen LogP contribution in [-0.4, -0.2) is 27.4 Å². The summed E-state index contributed by atoms with van der Waals surface area (Å²) in [4.78, 5) is 4.36. The van der Waals surface area contributed by atoms with E-state index in [9.17, 15) is 4.39 Å². The molecule has 1 atom stereocenters. The molecule has 114 valence electrons. The third-order valence-corrected chi connectivity index (χ3v) is 3.45. The van der Waals surface area contributed by atoms with Gasteiger partial charge >= 0.3 is 0 Å². The molecule has 0 aliphatic rings. The molecule has 1 N–H and O–H groups in total. The molecule has 1 aromatic heterocycles. The van der Waals surface area contributed by atoms with E-state index < -0.39 is 0 Å². The molecule has 0 saturated heterocycles. The fourth-order valence-electron chi connectivity index (χ4n) is 2.48. The van der Waals surface area contributed by atoms with Gasteiger partial charge < -0.3 is 5.32 Å². The number of hydrogen-bond acceptors (Lipinski definition) is 3. The summed E-state index contributed by atoms with van der Waals surface area (Å²) < 4.78 is 14.9. The average Bonchev–Trinajstić information content (AvgIpc) is 2.89. The van der Waals surface area contributed by atoms with Crippen LogP contribution in [0, 0.1) is 5.82 Å². The molecule has 0 fully saturated rings. The molecule has 2 aromatic rings. The highest BCUT2D eigenvalue weighted by atomic mass is 19.1. The average molecular weight is 290 g/mol. The van der Waals surface area contributed by atoms with Gasteiger partial charge in [-0.15, -0.1) is 0 Å². The Morgan fingerprint density at radius 1 is 1.19 bits per heavy atom. The molecule has 0 bridgehead atoms. The predicted octanol–water partition coefficient (Wildman–Crippen LogP) is 2.59. The highest BCUT2D eigenvalue weighted by Gasteiger charge is 2.13.